The largest absolute Gasteiger partial charge is 0.438 e. The molecule has 1 fully saturated rings. The Morgan fingerprint density at radius 2 is 1.83 bits per heavy atom. The minimum Gasteiger partial charge on any atom is -0.438 e. The molecule has 1 aromatic carbocycles. The van der Waals surface area contributed by atoms with E-state index in [0.717, 1.165) is 25.7 Å². The lowest BCUT2D eigenvalue weighted by Crippen LogP contribution is -2.40. The first-order valence-corrected chi connectivity index (χ1v) is 7.97. The van der Waals surface area contributed by atoms with Crippen molar-refractivity contribution < 1.29 is 9.53 Å². The molecule has 5 nitrogen and oxygen atoms in total. The maximum Gasteiger partial charge on any atom is 0.257 e. The van der Waals surface area contributed by atoms with Crippen molar-refractivity contribution in [1.29, 1.82) is 0 Å². The minimum atomic E-state index is -0.149. The van der Waals surface area contributed by atoms with Crippen molar-refractivity contribution in [3.05, 3.63) is 54.2 Å². The zero-order chi connectivity index (χ0) is 16.1. The summed E-state index contributed by atoms with van der Waals surface area (Å²) in [5.41, 5.74) is 6.36. The number of nitrogens with zero attached hydrogens (tertiary/aromatic N) is 1. The lowest BCUT2D eigenvalue weighted by atomic mass is 9.91. The number of carbonyl (C=O) groups excluding carboxylic acids is 1. The van der Waals surface area contributed by atoms with Crippen LogP contribution in [0.3, 0.4) is 0 Å². The van der Waals surface area contributed by atoms with Gasteiger partial charge in [0.2, 0.25) is 5.88 Å². The first kappa shape index (κ1) is 15.5. The first-order valence-electron chi connectivity index (χ1n) is 7.97. The van der Waals surface area contributed by atoms with Crippen molar-refractivity contribution in [2.24, 2.45) is 5.73 Å². The Morgan fingerprint density at radius 3 is 2.57 bits per heavy atom. The Bertz CT molecular complexity index is 652. The van der Waals surface area contributed by atoms with Gasteiger partial charge >= 0.3 is 0 Å². The first-order chi connectivity index (χ1) is 11.2. The lowest BCUT2D eigenvalue weighted by molar-refractivity contribution is 0.0923. The summed E-state index contributed by atoms with van der Waals surface area (Å²) in [6.07, 6.45) is 5.36. The Morgan fingerprint density at radius 1 is 1.09 bits per heavy atom. The number of pyridine rings is 1. The number of benzene rings is 1. The van der Waals surface area contributed by atoms with Gasteiger partial charge in [0.05, 0.1) is 0 Å². The van der Waals surface area contributed by atoms with Crippen molar-refractivity contribution in [2.45, 2.75) is 37.8 Å². The number of rotatable bonds is 4. The number of carbonyl (C=O) groups is 1. The van der Waals surface area contributed by atoms with Crippen LogP contribution in [0.5, 0.6) is 11.6 Å². The molecule has 0 unspecified atom stereocenters. The van der Waals surface area contributed by atoms with Crippen molar-refractivity contribution >= 4 is 5.91 Å². The van der Waals surface area contributed by atoms with E-state index in [0.29, 0.717) is 17.2 Å². The zero-order valence-electron chi connectivity index (χ0n) is 12.9. The summed E-state index contributed by atoms with van der Waals surface area (Å²) in [7, 11) is 0. The number of para-hydroxylation sites is 1. The van der Waals surface area contributed by atoms with E-state index in [2.05, 4.69) is 10.3 Å². The molecule has 0 radical (unpaired) electrons. The van der Waals surface area contributed by atoms with Crippen LogP contribution in [0.4, 0.5) is 0 Å². The van der Waals surface area contributed by atoms with E-state index in [1.165, 1.54) is 0 Å². The van der Waals surface area contributed by atoms with E-state index >= 15 is 0 Å². The highest BCUT2D eigenvalue weighted by Crippen LogP contribution is 2.23. The van der Waals surface area contributed by atoms with Gasteiger partial charge in [-0.05, 0) is 49.9 Å². The smallest absolute Gasteiger partial charge is 0.257 e. The summed E-state index contributed by atoms with van der Waals surface area (Å²) < 4.78 is 5.74. The van der Waals surface area contributed by atoms with Crippen LogP contribution >= 0.6 is 0 Å². The summed E-state index contributed by atoms with van der Waals surface area (Å²) in [6.45, 7) is 0. The van der Waals surface area contributed by atoms with Crippen molar-refractivity contribution in [2.75, 3.05) is 0 Å². The fourth-order valence-corrected chi connectivity index (χ4v) is 2.77. The summed E-state index contributed by atoms with van der Waals surface area (Å²) in [4.78, 5) is 16.7. The molecule has 0 aliphatic heterocycles. The summed E-state index contributed by atoms with van der Waals surface area (Å²) in [6, 6.07) is 13.2. The van der Waals surface area contributed by atoms with E-state index in [9.17, 15) is 4.79 Å². The molecule has 1 aliphatic rings. The van der Waals surface area contributed by atoms with Gasteiger partial charge in [0.1, 0.15) is 11.3 Å². The van der Waals surface area contributed by atoms with E-state index in [1.807, 2.05) is 30.3 Å². The Labute approximate surface area is 135 Å². The van der Waals surface area contributed by atoms with Gasteiger partial charge < -0.3 is 15.8 Å². The third-order valence-corrected chi connectivity index (χ3v) is 4.08. The van der Waals surface area contributed by atoms with Crippen LogP contribution < -0.4 is 15.8 Å². The van der Waals surface area contributed by atoms with Crippen LogP contribution in [0.15, 0.2) is 48.7 Å². The van der Waals surface area contributed by atoms with Crippen molar-refractivity contribution in [1.82, 2.24) is 10.3 Å². The van der Waals surface area contributed by atoms with Gasteiger partial charge in [-0.2, -0.15) is 0 Å². The molecular weight excluding hydrogens is 290 g/mol. The number of aromatic nitrogens is 1. The standard InChI is InChI=1S/C18H21N3O2/c19-13-8-10-14(11-9-13)21-17(22)16-7-4-12-20-18(16)23-15-5-2-1-3-6-15/h1-7,12-14H,8-11,19H2,(H,21,22)/t13-,14+. The van der Waals surface area contributed by atoms with Gasteiger partial charge in [-0.1, -0.05) is 18.2 Å². The molecule has 1 heterocycles. The molecule has 2 aromatic rings. The summed E-state index contributed by atoms with van der Waals surface area (Å²) in [5, 5.41) is 3.07. The van der Waals surface area contributed by atoms with E-state index < -0.39 is 0 Å². The second-order valence-electron chi connectivity index (χ2n) is 5.86. The van der Waals surface area contributed by atoms with Gasteiger partial charge in [-0.25, -0.2) is 4.98 Å². The van der Waals surface area contributed by atoms with Crippen molar-refractivity contribution in [3.8, 4) is 11.6 Å². The second-order valence-corrected chi connectivity index (χ2v) is 5.86. The Kier molecular flexibility index (Phi) is 4.88. The molecule has 23 heavy (non-hydrogen) atoms. The Hall–Kier alpha value is -2.40. The normalized spacial score (nSPS) is 20.7. The van der Waals surface area contributed by atoms with Gasteiger partial charge in [0.15, 0.2) is 0 Å². The van der Waals surface area contributed by atoms with E-state index in [4.69, 9.17) is 10.5 Å². The van der Waals surface area contributed by atoms with Crippen LogP contribution in [0.2, 0.25) is 0 Å². The molecular formula is C18H21N3O2. The maximum atomic E-state index is 12.5. The van der Waals surface area contributed by atoms with Crippen LogP contribution in [0.1, 0.15) is 36.0 Å². The number of nitrogens with two attached hydrogens (primary N) is 1. The van der Waals surface area contributed by atoms with Gasteiger partial charge in [-0.15, -0.1) is 0 Å². The SMILES string of the molecule is N[C@H]1CC[C@@H](NC(=O)c2cccnc2Oc2ccccc2)CC1. The highest BCUT2D eigenvalue weighted by molar-refractivity contribution is 5.96. The minimum absolute atomic E-state index is 0.149. The van der Waals surface area contributed by atoms with Crippen LogP contribution in [-0.2, 0) is 0 Å². The third kappa shape index (κ3) is 4.07. The van der Waals surface area contributed by atoms with Crippen LogP contribution in [0, 0.1) is 0 Å². The average molecular weight is 311 g/mol. The van der Waals surface area contributed by atoms with Crippen LogP contribution in [-0.4, -0.2) is 23.0 Å². The molecule has 0 spiro atoms. The van der Waals surface area contributed by atoms with E-state index in [1.54, 1.807) is 18.3 Å². The topological polar surface area (TPSA) is 77.2 Å². The third-order valence-electron chi connectivity index (χ3n) is 4.08. The van der Waals surface area contributed by atoms with Gasteiger partial charge in [-0.3, -0.25) is 4.79 Å². The zero-order valence-corrected chi connectivity index (χ0v) is 12.9. The number of amides is 1. The molecule has 3 rings (SSSR count). The molecule has 5 heteroatoms. The fourth-order valence-electron chi connectivity index (χ4n) is 2.77. The molecule has 0 bridgehead atoms. The maximum absolute atomic E-state index is 12.5. The molecule has 1 saturated carbocycles. The number of hydrogen-bond acceptors (Lipinski definition) is 4. The quantitative estimate of drug-likeness (QED) is 0.910. The molecule has 1 aromatic heterocycles. The molecule has 120 valence electrons. The fraction of sp³-hybridized carbons (Fsp3) is 0.333. The Balaban J connectivity index is 1.70. The molecule has 0 saturated heterocycles. The van der Waals surface area contributed by atoms with E-state index in [-0.39, 0.29) is 18.0 Å². The number of hydrogen-bond donors (Lipinski definition) is 2. The van der Waals surface area contributed by atoms with Crippen molar-refractivity contribution in [3.63, 3.8) is 0 Å². The number of ether oxygens (including phenoxy) is 1. The summed E-state index contributed by atoms with van der Waals surface area (Å²) in [5.74, 6) is 0.831. The predicted octanol–water partition coefficient (Wildman–Crippen LogP) is 2.87. The second kappa shape index (κ2) is 7.24. The number of nitrogens with one attached hydrogen (secondary N) is 1. The average Bonchev–Trinajstić information content (AvgIpc) is 2.58. The monoisotopic (exact) mass is 311 g/mol. The summed E-state index contributed by atoms with van der Waals surface area (Å²) >= 11 is 0. The highest BCUT2D eigenvalue weighted by Gasteiger charge is 2.22. The predicted molar refractivity (Wildman–Crippen MR) is 88.5 cm³/mol. The highest BCUT2D eigenvalue weighted by atomic mass is 16.5. The molecule has 1 amide bonds. The molecule has 3 N–H and O–H groups in total. The lowest BCUT2D eigenvalue weighted by Gasteiger charge is -2.26. The molecule has 1 aliphatic carbocycles. The van der Waals surface area contributed by atoms with Crippen LogP contribution in [0.25, 0.3) is 0 Å². The van der Waals surface area contributed by atoms with Gasteiger partial charge in [0.25, 0.3) is 5.91 Å². The van der Waals surface area contributed by atoms with Gasteiger partial charge in [0, 0.05) is 18.3 Å². The molecule has 0 atom stereocenters.